The molecule has 0 bridgehead atoms. The Hall–Kier alpha value is -2.14. The second-order valence-corrected chi connectivity index (χ2v) is 4.55. The molecule has 0 heterocycles. The van der Waals surface area contributed by atoms with E-state index in [4.69, 9.17) is 23.7 Å². The Morgan fingerprint density at radius 3 is 2.10 bits per heavy atom. The molecule has 0 radical (unpaired) electrons. The van der Waals surface area contributed by atoms with Gasteiger partial charge in [0.25, 0.3) is 0 Å². The third-order valence-corrected chi connectivity index (χ3v) is 3.20. The molecule has 0 saturated carbocycles. The lowest BCUT2D eigenvalue weighted by atomic mass is 10.0. The van der Waals surface area contributed by atoms with Gasteiger partial charge in [0.2, 0.25) is 0 Å². The largest absolute Gasteiger partial charge is 0.496 e. The van der Waals surface area contributed by atoms with E-state index in [0.717, 1.165) is 16.3 Å². The molecular weight excluding hydrogens is 272 g/mol. The summed E-state index contributed by atoms with van der Waals surface area (Å²) in [5.74, 6) is 2.61. The molecule has 114 valence electrons. The first-order valence-electron chi connectivity index (χ1n) is 6.51. The molecule has 0 fully saturated rings. The van der Waals surface area contributed by atoms with Crippen LogP contribution in [0.3, 0.4) is 0 Å². The Morgan fingerprint density at radius 2 is 1.52 bits per heavy atom. The minimum Gasteiger partial charge on any atom is -0.496 e. The summed E-state index contributed by atoms with van der Waals surface area (Å²) in [6, 6.07) is 5.74. The van der Waals surface area contributed by atoms with Gasteiger partial charge in [0, 0.05) is 18.6 Å². The molecule has 5 nitrogen and oxygen atoms in total. The van der Waals surface area contributed by atoms with Gasteiger partial charge in [-0.1, -0.05) is 0 Å². The van der Waals surface area contributed by atoms with Crippen LogP contribution >= 0.6 is 0 Å². The molecule has 21 heavy (non-hydrogen) atoms. The highest BCUT2D eigenvalue weighted by Crippen LogP contribution is 2.45. The van der Waals surface area contributed by atoms with Gasteiger partial charge in [0.1, 0.15) is 11.5 Å². The fourth-order valence-electron chi connectivity index (χ4n) is 2.34. The Bertz CT molecular complexity index is 636. The molecule has 0 amide bonds. The van der Waals surface area contributed by atoms with Gasteiger partial charge >= 0.3 is 0 Å². The molecule has 2 rings (SSSR count). The number of ether oxygens (including phenoxy) is 5. The summed E-state index contributed by atoms with van der Waals surface area (Å²) in [4.78, 5) is 0. The van der Waals surface area contributed by atoms with Crippen molar-refractivity contribution in [2.45, 2.75) is 6.92 Å². The maximum atomic E-state index is 5.67. The summed E-state index contributed by atoms with van der Waals surface area (Å²) in [5.41, 5.74) is 1.04. The zero-order valence-electron chi connectivity index (χ0n) is 13.0. The first-order valence-corrected chi connectivity index (χ1v) is 6.51. The van der Waals surface area contributed by atoms with Crippen LogP contribution in [-0.4, -0.2) is 35.2 Å². The molecule has 2 aromatic rings. The van der Waals surface area contributed by atoms with Crippen LogP contribution in [0.2, 0.25) is 0 Å². The normalized spacial score (nSPS) is 10.5. The molecule has 0 spiro atoms. The van der Waals surface area contributed by atoms with E-state index >= 15 is 0 Å². The monoisotopic (exact) mass is 292 g/mol. The molecule has 0 aromatic heterocycles. The van der Waals surface area contributed by atoms with E-state index in [9.17, 15) is 0 Å². The highest BCUT2D eigenvalue weighted by molar-refractivity contribution is 6.00. The minimum absolute atomic E-state index is 0.163. The van der Waals surface area contributed by atoms with Gasteiger partial charge in [0.15, 0.2) is 18.3 Å². The van der Waals surface area contributed by atoms with Crippen molar-refractivity contribution in [1.82, 2.24) is 0 Å². The quantitative estimate of drug-likeness (QED) is 0.765. The fourth-order valence-corrected chi connectivity index (χ4v) is 2.34. The Balaban J connectivity index is 2.80. The van der Waals surface area contributed by atoms with Crippen molar-refractivity contribution >= 4 is 10.8 Å². The molecule has 0 saturated heterocycles. The first kappa shape index (κ1) is 15.3. The van der Waals surface area contributed by atoms with Crippen LogP contribution in [-0.2, 0) is 4.74 Å². The van der Waals surface area contributed by atoms with E-state index in [1.54, 1.807) is 34.5 Å². The van der Waals surface area contributed by atoms with Crippen molar-refractivity contribution in [2.24, 2.45) is 0 Å². The number of aryl methyl sites for hydroxylation is 1. The summed E-state index contributed by atoms with van der Waals surface area (Å²) in [7, 11) is 6.41. The lowest BCUT2D eigenvalue weighted by Gasteiger charge is -2.17. The number of fused-ring (bicyclic) bond motifs is 1. The molecule has 2 aromatic carbocycles. The van der Waals surface area contributed by atoms with E-state index < -0.39 is 0 Å². The van der Waals surface area contributed by atoms with Crippen LogP contribution < -0.4 is 18.9 Å². The Labute approximate surface area is 124 Å². The lowest BCUT2D eigenvalue weighted by molar-refractivity contribution is 0.0521. The van der Waals surface area contributed by atoms with E-state index in [0.29, 0.717) is 23.0 Å². The average Bonchev–Trinajstić information content (AvgIpc) is 2.50. The highest BCUT2D eigenvalue weighted by Gasteiger charge is 2.18. The second-order valence-electron chi connectivity index (χ2n) is 4.55. The number of benzene rings is 2. The zero-order chi connectivity index (χ0) is 15.4. The maximum Gasteiger partial charge on any atom is 0.188 e. The predicted molar refractivity (Wildman–Crippen MR) is 80.8 cm³/mol. The first-order chi connectivity index (χ1) is 10.2. The minimum atomic E-state index is 0.163. The summed E-state index contributed by atoms with van der Waals surface area (Å²) in [5, 5.41) is 1.71. The van der Waals surface area contributed by atoms with Gasteiger partial charge < -0.3 is 23.7 Å². The summed E-state index contributed by atoms with van der Waals surface area (Å²) >= 11 is 0. The number of hydrogen-bond acceptors (Lipinski definition) is 5. The van der Waals surface area contributed by atoms with Gasteiger partial charge in [-0.2, -0.15) is 0 Å². The topological polar surface area (TPSA) is 46.2 Å². The second kappa shape index (κ2) is 6.54. The number of rotatable bonds is 6. The van der Waals surface area contributed by atoms with Crippen molar-refractivity contribution in [1.29, 1.82) is 0 Å². The highest BCUT2D eigenvalue weighted by atomic mass is 16.7. The summed E-state index contributed by atoms with van der Waals surface area (Å²) in [6.45, 7) is 2.15. The van der Waals surface area contributed by atoms with Gasteiger partial charge in [-0.15, -0.1) is 0 Å². The molecular formula is C16H20O5. The molecule has 0 unspecified atom stereocenters. The Kier molecular flexibility index (Phi) is 4.75. The molecule has 0 aliphatic rings. The molecule has 5 heteroatoms. The molecule has 0 aliphatic carbocycles. The summed E-state index contributed by atoms with van der Waals surface area (Å²) in [6.07, 6.45) is 0. The van der Waals surface area contributed by atoms with Crippen LogP contribution in [0.15, 0.2) is 18.2 Å². The van der Waals surface area contributed by atoms with Gasteiger partial charge in [-0.3, -0.25) is 0 Å². The molecule has 0 atom stereocenters. The zero-order valence-corrected chi connectivity index (χ0v) is 13.0. The van der Waals surface area contributed by atoms with Crippen molar-refractivity contribution in [3.63, 3.8) is 0 Å². The SMILES string of the molecule is COCOc1cc(C)cc2c(OC)c(OC)cc(OC)c12. The third kappa shape index (κ3) is 2.83. The fraction of sp³-hybridized carbons (Fsp3) is 0.375. The predicted octanol–water partition coefficient (Wildman–Crippen LogP) is 3.16. The third-order valence-electron chi connectivity index (χ3n) is 3.20. The van der Waals surface area contributed by atoms with Crippen molar-refractivity contribution < 1.29 is 23.7 Å². The van der Waals surface area contributed by atoms with Crippen LogP contribution in [0.4, 0.5) is 0 Å². The van der Waals surface area contributed by atoms with Crippen LogP contribution in [0.25, 0.3) is 10.8 Å². The van der Waals surface area contributed by atoms with E-state index in [1.807, 2.05) is 19.1 Å². The van der Waals surface area contributed by atoms with Crippen LogP contribution in [0, 0.1) is 6.92 Å². The average molecular weight is 292 g/mol. The van der Waals surface area contributed by atoms with Gasteiger partial charge in [-0.25, -0.2) is 0 Å². The van der Waals surface area contributed by atoms with E-state index in [1.165, 1.54) is 0 Å². The van der Waals surface area contributed by atoms with Crippen molar-refractivity contribution in [3.8, 4) is 23.0 Å². The Morgan fingerprint density at radius 1 is 0.810 bits per heavy atom. The summed E-state index contributed by atoms with van der Waals surface area (Å²) < 4.78 is 27.0. The van der Waals surface area contributed by atoms with Gasteiger partial charge in [0.05, 0.1) is 26.7 Å². The standard InChI is InChI=1S/C16H20O5/c1-10-6-11-15(13(7-10)21-9-17-2)12(18-3)8-14(19-4)16(11)20-5/h6-8H,9H2,1-5H3. The lowest BCUT2D eigenvalue weighted by Crippen LogP contribution is -2.02. The smallest absolute Gasteiger partial charge is 0.188 e. The molecule has 0 N–H and O–H groups in total. The molecule has 0 aliphatic heterocycles. The number of hydrogen-bond donors (Lipinski definition) is 0. The van der Waals surface area contributed by atoms with Crippen molar-refractivity contribution in [3.05, 3.63) is 23.8 Å². The van der Waals surface area contributed by atoms with Crippen LogP contribution in [0.1, 0.15) is 5.56 Å². The number of methoxy groups -OCH3 is 4. The van der Waals surface area contributed by atoms with E-state index in [2.05, 4.69) is 0 Å². The van der Waals surface area contributed by atoms with Crippen LogP contribution in [0.5, 0.6) is 23.0 Å². The van der Waals surface area contributed by atoms with Gasteiger partial charge in [-0.05, 0) is 24.6 Å². The maximum absolute atomic E-state index is 5.67. The van der Waals surface area contributed by atoms with E-state index in [-0.39, 0.29) is 6.79 Å². The van der Waals surface area contributed by atoms with Crippen molar-refractivity contribution in [2.75, 3.05) is 35.2 Å².